The molecule has 1 aliphatic rings. The van der Waals surface area contributed by atoms with E-state index < -0.39 is 66.9 Å². The van der Waals surface area contributed by atoms with Crippen molar-refractivity contribution in [1.29, 1.82) is 0 Å². The maximum atomic E-state index is 13.2. The second-order valence-corrected chi connectivity index (χ2v) is 8.94. The van der Waals surface area contributed by atoms with E-state index in [-0.39, 0.29) is 19.4 Å². The Bertz CT molecular complexity index is 1160. The van der Waals surface area contributed by atoms with Crippen molar-refractivity contribution in [2.24, 2.45) is 5.73 Å². The van der Waals surface area contributed by atoms with Gasteiger partial charge in [0.1, 0.15) is 24.2 Å². The average molecular weight is 518 g/mol. The molecule has 1 saturated heterocycles. The zero-order valence-electron chi connectivity index (χ0n) is 20.1. The monoisotopic (exact) mass is 517 g/mol. The molecule has 37 heavy (non-hydrogen) atoms. The molecule has 0 saturated carbocycles. The Labute approximate surface area is 212 Å². The highest BCUT2D eigenvalue weighted by Gasteiger charge is 2.38. The number of fused-ring (bicyclic) bond motifs is 1. The van der Waals surface area contributed by atoms with Crippen LogP contribution in [0.2, 0.25) is 0 Å². The van der Waals surface area contributed by atoms with Crippen molar-refractivity contribution in [2.75, 3.05) is 13.2 Å². The van der Waals surface area contributed by atoms with Crippen molar-refractivity contribution in [3.63, 3.8) is 0 Å². The molecule has 3 amide bonds. The fourth-order valence-electron chi connectivity index (χ4n) is 4.39. The van der Waals surface area contributed by atoms with Crippen molar-refractivity contribution in [1.82, 2.24) is 20.5 Å². The zero-order valence-corrected chi connectivity index (χ0v) is 20.1. The van der Waals surface area contributed by atoms with E-state index in [1.165, 1.54) is 4.90 Å². The molecule has 13 nitrogen and oxygen atoms in total. The number of carboxylic acid groups (broad SMARTS) is 2. The molecule has 3 rings (SSSR count). The lowest BCUT2D eigenvalue weighted by molar-refractivity contribution is -0.144. The number of benzene rings is 1. The molecule has 2 heterocycles. The lowest BCUT2D eigenvalue weighted by Gasteiger charge is -2.28. The first-order valence-corrected chi connectivity index (χ1v) is 11.9. The minimum atomic E-state index is -1.47. The van der Waals surface area contributed by atoms with Gasteiger partial charge in [-0.2, -0.15) is 0 Å². The largest absolute Gasteiger partial charge is 0.481 e. The summed E-state index contributed by atoms with van der Waals surface area (Å²) in [6.45, 7) is -0.317. The van der Waals surface area contributed by atoms with Crippen LogP contribution in [-0.2, 0) is 30.4 Å². The summed E-state index contributed by atoms with van der Waals surface area (Å²) in [5, 5.41) is 33.4. The maximum Gasteiger partial charge on any atom is 0.326 e. The lowest BCUT2D eigenvalue weighted by Crippen LogP contribution is -2.57. The SMILES string of the molecule is NC(CO)C(=O)N1CCCC1C(=O)NC(Cc1c[nH]c2ccccc12)C(=O)NC(CCC(=O)O)C(=O)O. The molecular formula is C24H31N5O8. The van der Waals surface area contributed by atoms with Crippen molar-refractivity contribution in [3.8, 4) is 0 Å². The number of carbonyl (C=O) groups is 5. The third-order valence-corrected chi connectivity index (χ3v) is 6.35. The van der Waals surface area contributed by atoms with Crippen molar-refractivity contribution < 1.29 is 39.3 Å². The quantitative estimate of drug-likeness (QED) is 0.182. The van der Waals surface area contributed by atoms with Gasteiger partial charge in [0.25, 0.3) is 0 Å². The van der Waals surface area contributed by atoms with Crippen molar-refractivity contribution >= 4 is 40.6 Å². The standard InChI is InChI=1S/C24H31N5O8/c25-15(12-30)23(35)29-9-3-6-19(29)22(34)28-18(10-13-11-26-16-5-2-1-4-14(13)16)21(33)27-17(24(36)37)7-8-20(31)32/h1-2,4-5,11,15,17-19,26,30H,3,6-10,12,25H2,(H,27,33)(H,28,34)(H,31,32)(H,36,37). The number of hydrogen-bond donors (Lipinski definition) is 7. The highest BCUT2D eigenvalue weighted by Crippen LogP contribution is 2.21. The van der Waals surface area contributed by atoms with Gasteiger partial charge in [0.15, 0.2) is 0 Å². The number of aliphatic hydroxyl groups is 1. The summed E-state index contributed by atoms with van der Waals surface area (Å²) in [6.07, 6.45) is 1.73. The number of nitrogens with two attached hydrogens (primary N) is 1. The number of aliphatic carboxylic acids is 2. The molecule has 2 aromatic rings. The fourth-order valence-corrected chi connectivity index (χ4v) is 4.39. The molecule has 1 aromatic heterocycles. The van der Waals surface area contributed by atoms with Crippen LogP contribution >= 0.6 is 0 Å². The highest BCUT2D eigenvalue weighted by molar-refractivity contribution is 5.95. The number of nitrogens with one attached hydrogen (secondary N) is 3. The summed E-state index contributed by atoms with van der Waals surface area (Å²) < 4.78 is 0. The number of likely N-dealkylation sites (tertiary alicyclic amines) is 1. The molecule has 1 aliphatic heterocycles. The van der Waals surface area contributed by atoms with E-state index in [9.17, 15) is 34.2 Å². The first-order valence-electron chi connectivity index (χ1n) is 11.9. The molecule has 200 valence electrons. The summed E-state index contributed by atoms with van der Waals surface area (Å²) >= 11 is 0. The predicted octanol–water partition coefficient (Wildman–Crippen LogP) is -1.06. The Hall–Kier alpha value is -3.97. The van der Waals surface area contributed by atoms with Gasteiger partial charge >= 0.3 is 11.9 Å². The number of para-hydroxylation sites is 1. The second-order valence-electron chi connectivity index (χ2n) is 8.94. The Morgan fingerprint density at radius 1 is 1.11 bits per heavy atom. The number of carbonyl (C=O) groups excluding carboxylic acids is 3. The van der Waals surface area contributed by atoms with E-state index in [1.807, 2.05) is 24.3 Å². The van der Waals surface area contributed by atoms with Gasteiger partial charge in [0.2, 0.25) is 17.7 Å². The van der Waals surface area contributed by atoms with Gasteiger partial charge in [-0.3, -0.25) is 19.2 Å². The van der Waals surface area contributed by atoms with Gasteiger partial charge in [-0.25, -0.2) is 4.79 Å². The van der Waals surface area contributed by atoms with Gasteiger partial charge in [-0.1, -0.05) is 18.2 Å². The van der Waals surface area contributed by atoms with E-state index in [2.05, 4.69) is 15.6 Å². The smallest absolute Gasteiger partial charge is 0.326 e. The molecule has 1 aromatic carbocycles. The van der Waals surface area contributed by atoms with E-state index in [0.717, 1.165) is 10.9 Å². The van der Waals surface area contributed by atoms with E-state index in [0.29, 0.717) is 18.4 Å². The van der Waals surface area contributed by atoms with Crippen LogP contribution in [-0.4, -0.2) is 92.2 Å². The Balaban J connectivity index is 1.83. The summed E-state index contributed by atoms with van der Waals surface area (Å²) in [5.41, 5.74) is 7.14. The number of aromatic nitrogens is 1. The number of carboxylic acids is 2. The average Bonchev–Trinajstić information content (AvgIpc) is 3.52. The summed E-state index contributed by atoms with van der Waals surface area (Å²) in [7, 11) is 0. The van der Waals surface area contributed by atoms with Crippen LogP contribution in [0, 0.1) is 0 Å². The summed E-state index contributed by atoms with van der Waals surface area (Å²) in [4.78, 5) is 65.8. The van der Waals surface area contributed by atoms with Gasteiger partial charge in [-0.15, -0.1) is 0 Å². The Morgan fingerprint density at radius 3 is 2.51 bits per heavy atom. The minimum absolute atomic E-state index is 0.00365. The number of H-pyrrole nitrogens is 1. The van der Waals surface area contributed by atoms with Crippen LogP contribution in [0.15, 0.2) is 30.5 Å². The Kier molecular flexibility index (Phi) is 9.20. The molecule has 0 bridgehead atoms. The number of rotatable bonds is 12. The molecule has 4 unspecified atom stereocenters. The second kappa shape index (κ2) is 12.3. The zero-order chi connectivity index (χ0) is 27.1. The third kappa shape index (κ3) is 6.83. The number of aliphatic hydroxyl groups excluding tert-OH is 1. The first-order chi connectivity index (χ1) is 17.6. The van der Waals surface area contributed by atoms with Crippen LogP contribution < -0.4 is 16.4 Å². The molecule has 8 N–H and O–H groups in total. The molecule has 0 radical (unpaired) electrons. The number of aromatic amines is 1. The van der Waals surface area contributed by atoms with Gasteiger partial charge in [0.05, 0.1) is 6.61 Å². The first kappa shape index (κ1) is 27.6. The van der Waals surface area contributed by atoms with Crippen LogP contribution in [0.4, 0.5) is 0 Å². The van der Waals surface area contributed by atoms with E-state index in [4.69, 9.17) is 10.8 Å². The van der Waals surface area contributed by atoms with E-state index >= 15 is 0 Å². The lowest BCUT2D eigenvalue weighted by atomic mass is 10.0. The maximum absolute atomic E-state index is 13.2. The summed E-state index contributed by atoms with van der Waals surface area (Å²) in [5.74, 6) is -4.63. The predicted molar refractivity (Wildman–Crippen MR) is 130 cm³/mol. The van der Waals surface area contributed by atoms with Gasteiger partial charge in [-0.05, 0) is 30.9 Å². The van der Waals surface area contributed by atoms with Crippen molar-refractivity contribution in [3.05, 3.63) is 36.0 Å². The van der Waals surface area contributed by atoms with Crippen LogP contribution in [0.5, 0.6) is 0 Å². The molecule has 13 heteroatoms. The third-order valence-electron chi connectivity index (χ3n) is 6.35. The molecule has 1 fully saturated rings. The van der Waals surface area contributed by atoms with Crippen molar-refractivity contribution in [2.45, 2.75) is 56.3 Å². The number of nitrogens with zero attached hydrogens (tertiary/aromatic N) is 1. The van der Waals surface area contributed by atoms with Crippen LogP contribution in [0.3, 0.4) is 0 Å². The minimum Gasteiger partial charge on any atom is -0.481 e. The Morgan fingerprint density at radius 2 is 1.84 bits per heavy atom. The highest BCUT2D eigenvalue weighted by atomic mass is 16.4. The molecule has 0 aliphatic carbocycles. The fraction of sp³-hybridized carbons (Fsp3) is 0.458. The van der Waals surface area contributed by atoms with Crippen LogP contribution in [0.1, 0.15) is 31.2 Å². The van der Waals surface area contributed by atoms with Crippen LogP contribution in [0.25, 0.3) is 10.9 Å². The van der Waals surface area contributed by atoms with E-state index in [1.54, 1.807) is 6.20 Å². The van der Waals surface area contributed by atoms with Gasteiger partial charge < -0.3 is 41.6 Å². The molecular weight excluding hydrogens is 486 g/mol. The molecule has 0 spiro atoms. The molecule has 4 atom stereocenters. The van der Waals surface area contributed by atoms with Gasteiger partial charge in [0, 0.05) is 36.5 Å². The number of amides is 3. The number of hydrogen-bond acceptors (Lipinski definition) is 7. The normalized spacial score (nSPS) is 17.7. The topological polar surface area (TPSA) is 215 Å². The summed E-state index contributed by atoms with van der Waals surface area (Å²) in [6, 6.07) is 2.53.